The van der Waals surface area contributed by atoms with Crippen molar-refractivity contribution in [2.75, 3.05) is 11.4 Å². The van der Waals surface area contributed by atoms with E-state index in [0.29, 0.717) is 17.8 Å². The number of carbonyl (C=O) groups excluding carboxylic acids is 2. The van der Waals surface area contributed by atoms with Gasteiger partial charge in [-0.2, -0.15) is 5.10 Å². The minimum absolute atomic E-state index is 0.0857. The van der Waals surface area contributed by atoms with Gasteiger partial charge in [-0.05, 0) is 23.9 Å². The van der Waals surface area contributed by atoms with Crippen LogP contribution >= 0.6 is 11.3 Å². The van der Waals surface area contributed by atoms with Gasteiger partial charge in [0.2, 0.25) is 5.91 Å². The largest absolute Gasteiger partial charge is 0.339 e. The molecule has 1 aliphatic heterocycles. The fourth-order valence-electron chi connectivity index (χ4n) is 2.94. The summed E-state index contributed by atoms with van der Waals surface area (Å²) in [6, 6.07) is 9.25. The number of benzene rings is 1. The van der Waals surface area contributed by atoms with E-state index in [9.17, 15) is 9.59 Å². The van der Waals surface area contributed by atoms with Gasteiger partial charge in [0.1, 0.15) is 6.04 Å². The lowest BCUT2D eigenvalue weighted by molar-refractivity contribution is -0.118. The number of anilines is 1. The van der Waals surface area contributed by atoms with Crippen molar-refractivity contribution >= 4 is 38.9 Å². The molecule has 4 rings (SSSR count). The SMILES string of the molecule is Cn1cc(N2CC[C@H](NC(=O)c3cc4ccccc4s3)C2=O)cn1. The molecule has 1 aliphatic rings. The molecular weight excluding hydrogens is 324 g/mol. The molecule has 7 heteroatoms. The van der Waals surface area contributed by atoms with Crippen molar-refractivity contribution in [3.63, 3.8) is 0 Å². The van der Waals surface area contributed by atoms with E-state index in [1.807, 2.05) is 37.4 Å². The van der Waals surface area contributed by atoms with Crippen LogP contribution in [0.2, 0.25) is 0 Å². The second-order valence-electron chi connectivity index (χ2n) is 5.83. The highest BCUT2D eigenvalue weighted by molar-refractivity contribution is 7.20. The average Bonchev–Trinajstić information content (AvgIpc) is 3.27. The molecule has 0 unspecified atom stereocenters. The Morgan fingerprint density at radius 2 is 2.21 bits per heavy atom. The molecule has 0 saturated carbocycles. The first-order chi connectivity index (χ1) is 11.6. The van der Waals surface area contributed by atoms with Gasteiger partial charge < -0.3 is 10.2 Å². The van der Waals surface area contributed by atoms with Crippen molar-refractivity contribution in [1.29, 1.82) is 0 Å². The van der Waals surface area contributed by atoms with Crippen LogP contribution in [0.4, 0.5) is 5.69 Å². The first-order valence-corrected chi connectivity index (χ1v) is 8.53. The molecule has 3 heterocycles. The normalized spacial score (nSPS) is 17.6. The lowest BCUT2D eigenvalue weighted by atomic mass is 10.2. The van der Waals surface area contributed by atoms with Gasteiger partial charge in [0.25, 0.3) is 5.91 Å². The van der Waals surface area contributed by atoms with Crippen LogP contribution in [-0.2, 0) is 11.8 Å². The molecule has 1 saturated heterocycles. The predicted molar refractivity (Wildman–Crippen MR) is 93.3 cm³/mol. The van der Waals surface area contributed by atoms with Crippen LogP contribution in [0.25, 0.3) is 10.1 Å². The Balaban J connectivity index is 1.49. The number of nitrogens with zero attached hydrogens (tertiary/aromatic N) is 3. The smallest absolute Gasteiger partial charge is 0.262 e. The number of thiophene rings is 1. The molecule has 122 valence electrons. The third-order valence-electron chi connectivity index (χ3n) is 4.16. The van der Waals surface area contributed by atoms with Crippen molar-refractivity contribution in [1.82, 2.24) is 15.1 Å². The monoisotopic (exact) mass is 340 g/mol. The van der Waals surface area contributed by atoms with E-state index in [2.05, 4.69) is 10.4 Å². The van der Waals surface area contributed by atoms with Gasteiger partial charge in [-0.15, -0.1) is 11.3 Å². The van der Waals surface area contributed by atoms with E-state index in [1.54, 1.807) is 22.0 Å². The van der Waals surface area contributed by atoms with Crippen LogP contribution in [0.5, 0.6) is 0 Å². The molecule has 1 fully saturated rings. The molecule has 1 atom stereocenters. The Kier molecular flexibility index (Phi) is 3.57. The first-order valence-electron chi connectivity index (χ1n) is 7.71. The molecule has 1 aromatic carbocycles. The molecular formula is C17H16N4O2S. The number of carbonyl (C=O) groups is 2. The summed E-state index contributed by atoms with van der Waals surface area (Å²) in [7, 11) is 1.81. The standard InChI is InChI=1S/C17H16N4O2S/c1-20-10-12(9-18-20)21-7-6-13(17(21)23)19-16(22)15-8-11-4-2-3-5-14(11)24-15/h2-5,8-10,13H,6-7H2,1H3,(H,19,22)/t13-/m0/s1. The second kappa shape index (κ2) is 5.76. The number of aryl methyl sites for hydroxylation is 1. The summed E-state index contributed by atoms with van der Waals surface area (Å²) in [5.41, 5.74) is 0.765. The van der Waals surface area contributed by atoms with Gasteiger partial charge in [0.05, 0.1) is 16.8 Å². The van der Waals surface area contributed by atoms with Crippen molar-refractivity contribution < 1.29 is 9.59 Å². The molecule has 2 amide bonds. The van der Waals surface area contributed by atoms with Crippen LogP contribution in [0.3, 0.4) is 0 Å². The molecule has 1 N–H and O–H groups in total. The zero-order valence-electron chi connectivity index (χ0n) is 13.1. The highest BCUT2D eigenvalue weighted by Gasteiger charge is 2.34. The fourth-order valence-corrected chi connectivity index (χ4v) is 3.91. The number of aromatic nitrogens is 2. The topological polar surface area (TPSA) is 67.2 Å². The Morgan fingerprint density at radius 3 is 2.96 bits per heavy atom. The van der Waals surface area contributed by atoms with Gasteiger partial charge in [0.15, 0.2) is 0 Å². The van der Waals surface area contributed by atoms with Gasteiger partial charge in [-0.25, -0.2) is 0 Å². The maximum absolute atomic E-state index is 12.5. The maximum atomic E-state index is 12.5. The van der Waals surface area contributed by atoms with Gasteiger partial charge in [0, 0.05) is 24.5 Å². The van der Waals surface area contributed by atoms with Crippen LogP contribution < -0.4 is 10.2 Å². The van der Waals surface area contributed by atoms with E-state index < -0.39 is 6.04 Å². The summed E-state index contributed by atoms with van der Waals surface area (Å²) in [6.45, 7) is 0.585. The fraction of sp³-hybridized carbons (Fsp3) is 0.235. The van der Waals surface area contributed by atoms with E-state index in [4.69, 9.17) is 0 Å². The molecule has 2 aromatic heterocycles. The number of fused-ring (bicyclic) bond motifs is 1. The Hall–Kier alpha value is -2.67. The van der Waals surface area contributed by atoms with E-state index in [0.717, 1.165) is 15.8 Å². The van der Waals surface area contributed by atoms with Crippen molar-refractivity contribution in [3.8, 4) is 0 Å². The van der Waals surface area contributed by atoms with E-state index in [-0.39, 0.29) is 11.8 Å². The van der Waals surface area contributed by atoms with Crippen molar-refractivity contribution in [3.05, 3.63) is 47.6 Å². The molecule has 0 spiro atoms. The number of rotatable bonds is 3. The molecule has 0 radical (unpaired) electrons. The second-order valence-corrected chi connectivity index (χ2v) is 6.91. The number of amides is 2. The van der Waals surface area contributed by atoms with Crippen LogP contribution in [0.15, 0.2) is 42.7 Å². The van der Waals surface area contributed by atoms with Gasteiger partial charge >= 0.3 is 0 Å². The van der Waals surface area contributed by atoms with Crippen molar-refractivity contribution in [2.45, 2.75) is 12.5 Å². The summed E-state index contributed by atoms with van der Waals surface area (Å²) >= 11 is 1.44. The lowest BCUT2D eigenvalue weighted by Gasteiger charge is -2.14. The minimum atomic E-state index is -0.483. The van der Waals surface area contributed by atoms with E-state index >= 15 is 0 Å². The Bertz CT molecular complexity index is 896. The molecule has 0 bridgehead atoms. The molecule has 6 nitrogen and oxygen atoms in total. The first kappa shape index (κ1) is 14.9. The van der Waals surface area contributed by atoms with Gasteiger partial charge in [-0.3, -0.25) is 14.3 Å². The molecule has 3 aromatic rings. The van der Waals surface area contributed by atoms with Gasteiger partial charge in [-0.1, -0.05) is 18.2 Å². The number of hydrogen-bond donors (Lipinski definition) is 1. The van der Waals surface area contributed by atoms with E-state index in [1.165, 1.54) is 11.3 Å². The van der Waals surface area contributed by atoms with Crippen LogP contribution in [0, 0.1) is 0 Å². The number of nitrogens with one attached hydrogen (secondary N) is 1. The highest BCUT2D eigenvalue weighted by atomic mass is 32.1. The Labute approximate surface area is 142 Å². The number of hydrogen-bond acceptors (Lipinski definition) is 4. The summed E-state index contributed by atoms with van der Waals surface area (Å²) in [6.07, 6.45) is 4.06. The average molecular weight is 340 g/mol. The predicted octanol–water partition coefficient (Wildman–Crippen LogP) is 2.17. The summed E-state index contributed by atoms with van der Waals surface area (Å²) in [4.78, 5) is 27.3. The maximum Gasteiger partial charge on any atom is 0.262 e. The summed E-state index contributed by atoms with van der Waals surface area (Å²) in [5.74, 6) is -0.278. The summed E-state index contributed by atoms with van der Waals surface area (Å²) in [5, 5.41) is 8.00. The molecule has 24 heavy (non-hydrogen) atoms. The summed E-state index contributed by atoms with van der Waals surface area (Å²) < 4.78 is 2.73. The zero-order chi connectivity index (χ0) is 16.7. The highest BCUT2D eigenvalue weighted by Crippen LogP contribution is 2.26. The third kappa shape index (κ3) is 2.56. The lowest BCUT2D eigenvalue weighted by Crippen LogP contribution is -2.41. The minimum Gasteiger partial charge on any atom is -0.339 e. The van der Waals surface area contributed by atoms with Crippen LogP contribution in [0.1, 0.15) is 16.1 Å². The Morgan fingerprint density at radius 1 is 1.38 bits per heavy atom. The third-order valence-corrected chi connectivity index (χ3v) is 5.28. The zero-order valence-corrected chi connectivity index (χ0v) is 13.9. The van der Waals surface area contributed by atoms with Crippen molar-refractivity contribution in [2.24, 2.45) is 7.05 Å². The molecule has 0 aliphatic carbocycles. The quantitative estimate of drug-likeness (QED) is 0.794. The van der Waals surface area contributed by atoms with Crippen LogP contribution in [-0.4, -0.2) is 34.2 Å².